The molecule has 2 heterocycles. The van der Waals surface area contributed by atoms with Crippen LogP contribution in [0.1, 0.15) is 88.5 Å². The Kier molecular flexibility index (Phi) is 7.46. The van der Waals surface area contributed by atoms with E-state index in [1.165, 1.54) is 0 Å². The summed E-state index contributed by atoms with van der Waals surface area (Å²) in [6.07, 6.45) is 4.11. The quantitative estimate of drug-likeness (QED) is 0.762. The molecule has 2 aliphatic rings. The molecule has 0 aromatic rings. The highest BCUT2D eigenvalue weighted by atomic mass is 16.2. The van der Waals surface area contributed by atoms with E-state index >= 15 is 0 Å². The van der Waals surface area contributed by atoms with Crippen LogP contribution in [0.2, 0.25) is 0 Å². The topological polar surface area (TPSA) is 47.6 Å². The van der Waals surface area contributed by atoms with Gasteiger partial charge in [-0.2, -0.15) is 0 Å². The molecule has 0 unspecified atom stereocenters. The van der Waals surface area contributed by atoms with Gasteiger partial charge in [-0.25, -0.2) is 0 Å². The van der Waals surface area contributed by atoms with Gasteiger partial charge in [0.25, 0.3) is 0 Å². The Bertz CT molecular complexity index is 517. The van der Waals surface area contributed by atoms with Crippen molar-refractivity contribution in [3.63, 3.8) is 0 Å². The average Bonchev–Trinajstić information content (AvgIpc) is 2.47. The van der Waals surface area contributed by atoms with Gasteiger partial charge in [-0.3, -0.25) is 14.6 Å². The summed E-state index contributed by atoms with van der Waals surface area (Å²) in [5.74, 6) is 0.130. The second kappa shape index (κ2) is 8.23. The van der Waals surface area contributed by atoms with E-state index in [9.17, 15) is 4.79 Å². The lowest BCUT2D eigenvalue weighted by Gasteiger charge is -2.54. The molecule has 28 heavy (non-hydrogen) atoms. The van der Waals surface area contributed by atoms with E-state index in [0.717, 1.165) is 25.7 Å². The third-order valence-corrected chi connectivity index (χ3v) is 7.53. The maximum atomic E-state index is 12.6. The molecule has 2 aliphatic heterocycles. The van der Waals surface area contributed by atoms with Crippen LogP contribution in [0.4, 0.5) is 0 Å². The molecule has 0 atom stereocenters. The lowest BCUT2D eigenvalue weighted by atomic mass is 9.77. The maximum Gasteiger partial charge on any atom is 0.234 e. The highest BCUT2D eigenvalue weighted by Crippen LogP contribution is 2.37. The Morgan fingerprint density at radius 1 is 0.750 bits per heavy atom. The van der Waals surface area contributed by atoms with Crippen LogP contribution in [0, 0.1) is 0 Å². The molecule has 0 aliphatic carbocycles. The normalized spacial score (nSPS) is 27.8. The molecule has 0 aromatic heterocycles. The van der Waals surface area contributed by atoms with E-state index < -0.39 is 0 Å². The number of hydrogen-bond donors (Lipinski definition) is 2. The van der Waals surface area contributed by atoms with E-state index in [4.69, 9.17) is 0 Å². The maximum absolute atomic E-state index is 12.6. The molecule has 0 spiro atoms. The van der Waals surface area contributed by atoms with Gasteiger partial charge in [-0.15, -0.1) is 0 Å². The first-order chi connectivity index (χ1) is 12.1. The zero-order chi connectivity index (χ0) is 20.8. The minimum Gasteiger partial charge on any atom is -0.352 e. The van der Waals surface area contributed by atoms with Crippen LogP contribution in [0.5, 0.6) is 0 Å². The van der Waals surface area contributed by atoms with Crippen LogP contribution in [0.3, 0.4) is 0 Å². The van der Waals surface area contributed by atoms with Crippen LogP contribution in [-0.4, -0.2) is 70.6 Å². The predicted molar refractivity (Wildman–Crippen MR) is 121 cm³/mol. The molecular formula is C23H48N4O. The number of hydrogen-bond acceptors (Lipinski definition) is 4. The van der Waals surface area contributed by atoms with Crippen molar-refractivity contribution in [1.82, 2.24) is 20.4 Å². The van der Waals surface area contributed by atoms with Crippen LogP contribution < -0.4 is 10.6 Å². The van der Waals surface area contributed by atoms with Crippen molar-refractivity contribution in [2.45, 2.75) is 123 Å². The summed E-state index contributed by atoms with van der Waals surface area (Å²) in [5.41, 5.74) is 0.458. The first-order valence-electron chi connectivity index (χ1n) is 10.6. The smallest absolute Gasteiger partial charge is 0.234 e. The van der Waals surface area contributed by atoms with Gasteiger partial charge in [0.1, 0.15) is 0 Å². The summed E-state index contributed by atoms with van der Waals surface area (Å²) >= 11 is 0. The van der Waals surface area contributed by atoms with E-state index in [1.54, 1.807) is 0 Å². The Hall–Kier alpha value is -0.650. The number of carbonyl (C=O) groups is 1. The molecule has 5 nitrogen and oxygen atoms in total. The molecular weight excluding hydrogens is 348 g/mol. The first-order valence-corrected chi connectivity index (χ1v) is 10.6. The van der Waals surface area contributed by atoms with Crippen molar-refractivity contribution in [2.24, 2.45) is 0 Å². The minimum absolute atomic E-state index is 0. The lowest BCUT2D eigenvalue weighted by Crippen LogP contribution is -2.64. The number of rotatable bonds is 4. The molecule has 0 radical (unpaired) electrons. The molecule has 0 aromatic carbocycles. The number of amides is 1. The van der Waals surface area contributed by atoms with Crippen LogP contribution >= 0.6 is 0 Å². The average molecular weight is 397 g/mol. The van der Waals surface area contributed by atoms with Gasteiger partial charge in [-0.05, 0) is 95.2 Å². The number of carbonyl (C=O) groups excluding carboxylic acids is 1. The Balaban J connectivity index is 0.00000392. The van der Waals surface area contributed by atoms with Gasteiger partial charge in [0.15, 0.2) is 0 Å². The van der Waals surface area contributed by atoms with Crippen LogP contribution in [0.25, 0.3) is 0 Å². The summed E-state index contributed by atoms with van der Waals surface area (Å²) in [6.45, 7) is 18.7. The highest BCUT2D eigenvalue weighted by molar-refractivity contribution is 5.78. The fourth-order valence-electron chi connectivity index (χ4n) is 5.50. The van der Waals surface area contributed by atoms with Crippen molar-refractivity contribution in [2.75, 3.05) is 20.6 Å². The Morgan fingerprint density at radius 2 is 1.07 bits per heavy atom. The molecule has 0 bridgehead atoms. The van der Waals surface area contributed by atoms with Crippen LogP contribution in [-0.2, 0) is 4.79 Å². The Morgan fingerprint density at radius 3 is 1.43 bits per heavy atom. The van der Waals surface area contributed by atoms with Gasteiger partial charge in [0, 0.05) is 34.2 Å². The summed E-state index contributed by atoms with van der Waals surface area (Å²) in [7, 11) is 4.41. The fraction of sp³-hybridized carbons (Fsp3) is 0.957. The van der Waals surface area contributed by atoms with E-state index in [1.807, 2.05) is 0 Å². The fourth-order valence-corrected chi connectivity index (χ4v) is 5.50. The van der Waals surface area contributed by atoms with E-state index in [0.29, 0.717) is 12.6 Å². The monoisotopic (exact) mass is 396 g/mol. The molecule has 2 saturated heterocycles. The summed E-state index contributed by atoms with van der Waals surface area (Å²) in [5, 5.41) is 6.85. The van der Waals surface area contributed by atoms with Crippen LogP contribution in [0.15, 0.2) is 0 Å². The number of nitrogens with one attached hydrogen (secondary N) is 2. The van der Waals surface area contributed by atoms with Gasteiger partial charge in [0.2, 0.25) is 5.91 Å². The number of piperidine rings is 2. The SMILES string of the molecule is C.CN1C(C)(C)CC(NCC(=O)NC2CC(C)(C)N(C)C(C)(C)C2)CC1(C)C. The standard InChI is InChI=1S/C22H44N4O.CH4/c1-19(2)11-16(12-20(3,4)25(19)9)23-15-18(27)24-17-13-21(5,6)26(10)22(7,8)14-17;/h16-17,23H,11-15H2,1-10H3,(H,24,27);1H4. The zero-order valence-electron chi connectivity index (χ0n) is 19.5. The molecule has 166 valence electrons. The second-order valence-electron chi connectivity index (χ2n) is 11.5. The third kappa shape index (κ3) is 5.48. The van der Waals surface area contributed by atoms with Gasteiger partial charge >= 0.3 is 0 Å². The van der Waals surface area contributed by atoms with Crippen molar-refractivity contribution in [3.8, 4) is 0 Å². The van der Waals surface area contributed by atoms with Gasteiger partial charge in [-0.1, -0.05) is 7.43 Å². The van der Waals surface area contributed by atoms with Crippen molar-refractivity contribution in [1.29, 1.82) is 0 Å². The highest BCUT2D eigenvalue weighted by Gasteiger charge is 2.44. The van der Waals surface area contributed by atoms with E-state index in [2.05, 4.69) is 89.9 Å². The molecule has 2 N–H and O–H groups in total. The van der Waals surface area contributed by atoms with Gasteiger partial charge in [0.05, 0.1) is 6.54 Å². The van der Waals surface area contributed by atoms with E-state index in [-0.39, 0.29) is 41.5 Å². The Labute approximate surface area is 175 Å². The number of nitrogens with zero attached hydrogens (tertiary/aromatic N) is 2. The number of likely N-dealkylation sites (tertiary alicyclic amines) is 2. The third-order valence-electron chi connectivity index (χ3n) is 7.53. The largest absolute Gasteiger partial charge is 0.352 e. The summed E-state index contributed by atoms with van der Waals surface area (Å²) in [6, 6.07) is 0.619. The first kappa shape index (κ1) is 25.4. The molecule has 2 rings (SSSR count). The van der Waals surface area contributed by atoms with Crippen molar-refractivity contribution >= 4 is 5.91 Å². The van der Waals surface area contributed by atoms with Crippen molar-refractivity contribution < 1.29 is 4.79 Å². The molecule has 1 amide bonds. The predicted octanol–water partition coefficient (Wildman–Crippen LogP) is 3.63. The second-order valence-corrected chi connectivity index (χ2v) is 11.5. The minimum atomic E-state index is 0. The van der Waals surface area contributed by atoms with Crippen molar-refractivity contribution in [3.05, 3.63) is 0 Å². The summed E-state index contributed by atoms with van der Waals surface area (Å²) < 4.78 is 0. The molecule has 2 fully saturated rings. The zero-order valence-corrected chi connectivity index (χ0v) is 19.5. The lowest BCUT2D eigenvalue weighted by molar-refractivity contribution is -0.123. The van der Waals surface area contributed by atoms with Gasteiger partial charge < -0.3 is 10.6 Å². The molecule has 0 saturated carbocycles. The summed E-state index contributed by atoms with van der Waals surface area (Å²) in [4.78, 5) is 17.6. The molecule has 5 heteroatoms.